The number of ether oxygens (including phenoxy) is 2. The quantitative estimate of drug-likeness (QED) is 0.798. The fraction of sp³-hybridized carbons (Fsp3) is 0.167. The molecule has 4 nitrogen and oxygen atoms in total. The van der Waals surface area contributed by atoms with Gasteiger partial charge in [-0.1, -0.05) is 36.3 Å². The zero-order valence-electron chi connectivity index (χ0n) is 12.1. The highest BCUT2D eigenvalue weighted by Gasteiger charge is 2.02. The van der Waals surface area contributed by atoms with E-state index < -0.39 is 0 Å². The summed E-state index contributed by atoms with van der Waals surface area (Å²) in [5.41, 5.74) is 1.10. The number of nitrogens with one attached hydrogen (secondary N) is 1. The molecule has 1 N–H and O–H groups in total. The second-order valence-electron chi connectivity index (χ2n) is 4.52. The second kappa shape index (κ2) is 8.38. The summed E-state index contributed by atoms with van der Waals surface area (Å²) in [5, 5.41) is 2.53. The van der Waals surface area contributed by atoms with E-state index in [1.807, 2.05) is 30.3 Å². The summed E-state index contributed by atoms with van der Waals surface area (Å²) >= 11 is 0. The third kappa shape index (κ3) is 5.22. The number of hydrogen-bond donors (Lipinski definition) is 1. The molecule has 0 saturated heterocycles. The van der Waals surface area contributed by atoms with Crippen LogP contribution in [0.3, 0.4) is 0 Å². The molecule has 4 heteroatoms. The van der Waals surface area contributed by atoms with Crippen LogP contribution in [0.5, 0.6) is 11.5 Å². The highest BCUT2D eigenvalue weighted by atomic mass is 16.5. The maximum Gasteiger partial charge on any atom is 0.258 e. The molecule has 112 valence electrons. The van der Waals surface area contributed by atoms with Gasteiger partial charge in [-0.25, -0.2) is 0 Å². The first-order chi connectivity index (χ1) is 10.8. The van der Waals surface area contributed by atoms with Crippen LogP contribution >= 0.6 is 0 Å². The van der Waals surface area contributed by atoms with Gasteiger partial charge in [-0.2, -0.15) is 0 Å². The summed E-state index contributed by atoms with van der Waals surface area (Å²) in [6.45, 7) is 0.649. The molecule has 0 aliphatic rings. The van der Waals surface area contributed by atoms with Gasteiger partial charge in [0.2, 0.25) is 0 Å². The molecule has 0 fully saturated rings. The number of carbonyl (C=O) groups excluding carboxylic acids is 1. The van der Waals surface area contributed by atoms with Crippen LogP contribution in [0.1, 0.15) is 5.56 Å². The van der Waals surface area contributed by atoms with Crippen molar-refractivity contribution in [2.45, 2.75) is 6.61 Å². The molecule has 0 spiro atoms. The molecule has 0 bridgehead atoms. The van der Waals surface area contributed by atoms with Crippen LogP contribution in [-0.4, -0.2) is 19.1 Å². The van der Waals surface area contributed by atoms with Gasteiger partial charge in [-0.05, 0) is 29.8 Å². The van der Waals surface area contributed by atoms with E-state index in [2.05, 4.69) is 11.2 Å². The Bertz CT molecular complexity index is 630. The van der Waals surface area contributed by atoms with Crippen LogP contribution in [0.2, 0.25) is 0 Å². The lowest BCUT2D eigenvalue weighted by Crippen LogP contribution is -2.28. The molecule has 0 atom stereocenters. The second-order valence-corrected chi connectivity index (χ2v) is 4.52. The van der Waals surface area contributed by atoms with E-state index in [9.17, 15) is 4.79 Å². The SMILES string of the molecule is C#CCNC(=O)COc1ccc(OCc2ccccc2)cc1. The molecule has 0 aliphatic carbocycles. The van der Waals surface area contributed by atoms with Crippen molar-refractivity contribution in [2.24, 2.45) is 0 Å². The molecule has 0 saturated carbocycles. The van der Waals surface area contributed by atoms with Crippen LogP contribution in [0.15, 0.2) is 54.6 Å². The fourth-order valence-electron chi connectivity index (χ4n) is 1.72. The third-order valence-electron chi connectivity index (χ3n) is 2.83. The first-order valence-electron chi connectivity index (χ1n) is 6.87. The highest BCUT2D eigenvalue weighted by molar-refractivity contribution is 5.77. The largest absolute Gasteiger partial charge is 0.489 e. The Hall–Kier alpha value is -2.93. The smallest absolute Gasteiger partial charge is 0.258 e. The predicted molar refractivity (Wildman–Crippen MR) is 84.6 cm³/mol. The fourth-order valence-corrected chi connectivity index (χ4v) is 1.72. The van der Waals surface area contributed by atoms with Crippen molar-refractivity contribution in [2.75, 3.05) is 13.2 Å². The average molecular weight is 295 g/mol. The lowest BCUT2D eigenvalue weighted by Gasteiger charge is -2.08. The maximum absolute atomic E-state index is 11.3. The van der Waals surface area contributed by atoms with E-state index >= 15 is 0 Å². The highest BCUT2D eigenvalue weighted by Crippen LogP contribution is 2.18. The van der Waals surface area contributed by atoms with Gasteiger partial charge in [0.15, 0.2) is 6.61 Å². The van der Waals surface area contributed by atoms with E-state index in [-0.39, 0.29) is 19.1 Å². The molecule has 22 heavy (non-hydrogen) atoms. The van der Waals surface area contributed by atoms with E-state index in [1.54, 1.807) is 24.3 Å². The summed E-state index contributed by atoms with van der Waals surface area (Å²) in [6.07, 6.45) is 5.05. The molecular formula is C18H17NO3. The number of hydrogen-bond acceptors (Lipinski definition) is 3. The van der Waals surface area contributed by atoms with E-state index in [0.717, 1.165) is 11.3 Å². The summed E-state index contributed by atoms with van der Waals surface area (Å²) in [7, 11) is 0. The van der Waals surface area contributed by atoms with Crippen molar-refractivity contribution in [3.8, 4) is 23.8 Å². The first-order valence-corrected chi connectivity index (χ1v) is 6.87. The van der Waals surface area contributed by atoms with Crippen molar-refractivity contribution in [1.82, 2.24) is 5.32 Å². The Kier molecular flexibility index (Phi) is 5.89. The maximum atomic E-state index is 11.3. The Balaban J connectivity index is 1.78. The molecule has 0 unspecified atom stereocenters. The number of rotatable bonds is 7. The first kappa shape index (κ1) is 15.5. The third-order valence-corrected chi connectivity index (χ3v) is 2.83. The normalized spacial score (nSPS) is 9.59. The number of amides is 1. The number of carbonyl (C=O) groups is 1. The molecule has 2 rings (SSSR count). The topological polar surface area (TPSA) is 47.6 Å². The molecule has 0 aromatic heterocycles. The molecule has 0 radical (unpaired) electrons. The molecule has 1 amide bonds. The minimum absolute atomic E-state index is 0.0636. The van der Waals surface area contributed by atoms with Gasteiger partial charge in [-0.3, -0.25) is 4.79 Å². The van der Waals surface area contributed by atoms with Crippen LogP contribution in [0.25, 0.3) is 0 Å². The number of terminal acetylenes is 1. The van der Waals surface area contributed by atoms with Crippen molar-refractivity contribution >= 4 is 5.91 Å². The van der Waals surface area contributed by atoms with Crippen molar-refractivity contribution in [1.29, 1.82) is 0 Å². The van der Waals surface area contributed by atoms with Crippen molar-refractivity contribution in [3.63, 3.8) is 0 Å². The summed E-state index contributed by atoms with van der Waals surface area (Å²) < 4.78 is 11.0. The van der Waals surface area contributed by atoms with Crippen LogP contribution in [0.4, 0.5) is 0 Å². The van der Waals surface area contributed by atoms with Crippen LogP contribution in [-0.2, 0) is 11.4 Å². The minimum atomic E-state index is -0.248. The molecule has 2 aromatic rings. The zero-order valence-corrected chi connectivity index (χ0v) is 12.1. The lowest BCUT2D eigenvalue weighted by atomic mass is 10.2. The molecular weight excluding hydrogens is 278 g/mol. The standard InChI is InChI=1S/C18H17NO3/c1-2-12-19-18(20)14-22-17-10-8-16(9-11-17)21-13-15-6-4-3-5-7-15/h1,3-11H,12-14H2,(H,19,20). The van der Waals surface area contributed by atoms with E-state index in [4.69, 9.17) is 15.9 Å². The van der Waals surface area contributed by atoms with Gasteiger partial charge in [0.05, 0.1) is 6.54 Å². The van der Waals surface area contributed by atoms with Crippen molar-refractivity contribution in [3.05, 3.63) is 60.2 Å². The van der Waals surface area contributed by atoms with Crippen molar-refractivity contribution < 1.29 is 14.3 Å². The minimum Gasteiger partial charge on any atom is -0.489 e. The zero-order chi connectivity index (χ0) is 15.6. The van der Waals surface area contributed by atoms with E-state index in [1.165, 1.54) is 0 Å². The van der Waals surface area contributed by atoms with E-state index in [0.29, 0.717) is 12.4 Å². The Morgan fingerprint density at radius 1 is 1.00 bits per heavy atom. The Labute approximate surface area is 130 Å². The lowest BCUT2D eigenvalue weighted by molar-refractivity contribution is -0.122. The van der Waals surface area contributed by atoms with Crippen LogP contribution in [0, 0.1) is 12.3 Å². The monoisotopic (exact) mass is 295 g/mol. The van der Waals surface area contributed by atoms with Gasteiger partial charge < -0.3 is 14.8 Å². The van der Waals surface area contributed by atoms with Gasteiger partial charge in [0.1, 0.15) is 18.1 Å². The molecule has 0 heterocycles. The van der Waals surface area contributed by atoms with Gasteiger partial charge >= 0.3 is 0 Å². The van der Waals surface area contributed by atoms with Gasteiger partial charge in [0, 0.05) is 0 Å². The Morgan fingerprint density at radius 3 is 2.27 bits per heavy atom. The summed E-state index contributed by atoms with van der Waals surface area (Å²) in [4.78, 5) is 11.3. The molecule has 0 aliphatic heterocycles. The summed E-state index contributed by atoms with van der Waals surface area (Å²) in [6, 6.07) is 17.1. The van der Waals surface area contributed by atoms with Gasteiger partial charge in [-0.15, -0.1) is 6.42 Å². The van der Waals surface area contributed by atoms with Crippen LogP contribution < -0.4 is 14.8 Å². The molecule has 2 aromatic carbocycles. The summed E-state index contributed by atoms with van der Waals surface area (Å²) in [5.74, 6) is 3.42. The van der Waals surface area contributed by atoms with Gasteiger partial charge in [0.25, 0.3) is 5.91 Å². The average Bonchev–Trinajstić information content (AvgIpc) is 2.58. The Morgan fingerprint density at radius 2 is 1.64 bits per heavy atom. The number of benzene rings is 2. The predicted octanol–water partition coefficient (Wildman–Crippen LogP) is 2.39.